The van der Waals surface area contributed by atoms with Gasteiger partial charge in [-0.3, -0.25) is 10.00 Å². The SMILES string of the molecule is Fc1ccc(-c2n[nH]cc2CN2CCN(c3cccc(Cl)n3)CC2)cc1. The van der Waals surface area contributed by atoms with Crippen molar-refractivity contribution >= 4 is 17.4 Å². The lowest BCUT2D eigenvalue weighted by Gasteiger charge is -2.35. The summed E-state index contributed by atoms with van der Waals surface area (Å²) in [5.41, 5.74) is 2.92. The van der Waals surface area contributed by atoms with Gasteiger partial charge in [-0.05, 0) is 36.4 Å². The number of aromatic nitrogens is 3. The van der Waals surface area contributed by atoms with Gasteiger partial charge >= 0.3 is 0 Å². The van der Waals surface area contributed by atoms with Crippen molar-refractivity contribution in [2.24, 2.45) is 0 Å². The Morgan fingerprint density at radius 2 is 1.81 bits per heavy atom. The zero-order valence-corrected chi connectivity index (χ0v) is 15.0. The van der Waals surface area contributed by atoms with Crippen LogP contribution in [0.25, 0.3) is 11.3 Å². The molecule has 2 aromatic heterocycles. The van der Waals surface area contributed by atoms with E-state index >= 15 is 0 Å². The van der Waals surface area contributed by atoms with Gasteiger partial charge < -0.3 is 4.90 Å². The zero-order valence-electron chi connectivity index (χ0n) is 14.2. The molecule has 1 aliphatic heterocycles. The largest absolute Gasteiger partial charge is 0.354 e. The number of hydrogen-bond acceptors (Lipinski definition) is 4. The Kier molecular flexibility index (Phi) is 4.86. The van der Waals surface area contributed by atoms with Crippen LogP contribution in [0.15, 0.2) is 48.7 Å². The van der Waals surface area contributed by atoms with Gasteiger partial charge in [0.25, 0.3) is 0 Å². The molecule has 1 aliphatic rings. The van der Waals surface area contributed by atoms with Crippen molar-refractivity contribution in [3.8, 4) is 11.3 Å². The van der Waals surface area contributed by atoms with E-state index in [9.17, 15) is 4.39 Å². The highest BCUT2D eigenvalue weighted by Crippen LogP contribution is 2.23. The third kappa shape index (κ3) is 3.71. The maximum Gasteiger partial charge on any atom is 0.131 e. The Bertz CT molecular complexity index is 872. The van der Waals surface area contributed by atoms with E-state index in [1.165, 1.54) is 12.1 Å². The first-order valence-corrected chi connectivity index (χ1v) is 8.95. The highest BCUT2D eigenvalue weighted by atomic mass is 35.5. The molecule has 1 aromatic carbocycles. The predicted octanol–water partition coefficient (Wildman–Crippen LogP) is 3.59. The summed E-state index contributed by atoms with van der Waals surface area (Å²) >= 11 is 5.99. The van der Waals surface area contributed by atoms with Gasteiger partial charge in [-0.1, -0.05) is 17.7 Å². The number of nitrogens with one attached hydrogen (secondary N) is 1. The number of rotatable bonds is 4. The molecule has 3 heterocycles. The smallest absolute Gasteiger partial charge is 0.131 e. The number of nitrogens with zero attached hydrogens (tertiary/aromatic N) is 4. The van der Waals surface area contributed by atoms with Gasteiger partial charge in [0.05, 0.1) is 5.69 Å². The molecule has 7 heteroatoms. The minimum Gasteiger partial charge on any atom is -0.354 e. The van der Waals surface area contributed by atoms with E-state index in [0.29, 0.717) is 5.15 Å². The summed E-state index contributed by atoms with van der Waals surface area (Å²) in [4.78, 5) is 9.02. The standard InChI is InChI=1S/C19H19ClFN5/c20-17-2-1-3-18(23-17)26-10-8-25(9-11-26)13-15-12-22-24-19(15)14-4-6-16(21)7-5-14/h1-7,12H,8-11,13H2,(H,22,24). The lowest BCUT2D eigenvalue weighted by Crippen LogP contribution is -2.46. The highest BCUT2D eigenvalue weighted by molar-refractivity contribution is 6.29. The van der Waals surface area contributed by atoms with Gasteiger partial charge in [0.1, 0.15) is 16.8 Å². The third-order valence-electron chi connectivity index (χ3n) is 4.63. The molecule has 1 N–H and O–H groups in total. The van der Waals surface area contributed by atoms with Crippen molar-refractivity contribution in [1.82, 2.24) is 20.1 Å². The third-order valence-corrected chi connectivity index (χ3v) is 4.84. The second kappa shape index (κ2) is 7.43. The minimum absolute atomic E-state index is 0.239. The Morgan fingerprint density at radius 1 is 1.04 bits per heavy atom. The molecule has 1 saturated heterocycles. The van der Waals surface area contributed by atoms with Crippen LogP contribution in [0.2, 0.25) is 5.15 Å². The molecule has 0 saturated carbocycles. The quantitative estimate of drug-likeness (QED) is 0.712. The van der Waals surface area contributed by atoms with Crippen molar-refractivity contribution in [1.29, 1.82) is 0 Å². The van der Waals surface area contributed by atoms with Crippen LogP contribution in [0.4, 0.5) is 10.2 Å². The molecule has 0 atom stereocenters. The fourth-order valence-corrected chi connectivity index (χ4v) is 3.40. The number of H-pyrrole nitrogens is 1. The van der Waals surface area contributed by atoms with Gasteiger partial charge in [0.15, 0.2) is 0 Å². The number of anilines is 1. The first kappa shape index (κ1) is 17.0. The van der Waals surface area contributed by atoms with Crippen LogP contribution in [0, 0.1) is 5.82 Å². The second-order valence-electron chi connectivity index (χ2n) is 6.35. The van der Waals surface area contributed by atoms with Crippen LogP contribution in [-0.4, -0.2) is 46.3 Å². The van der Waals surface area contributed by atoms with Crippen molar-refractivity contribution in [2.75, 3.05) is 31.1 Å². The number of halogens is 2. The number of aromatic amines is 1. The van der Waals surface area contributed by atoms with E-state index in [-0.39, 0.29) is 5.82 Å². The molecule has 4 rings (SSSR count). The molecular weight excluding hydrogens is 353 g/mol. The molecule has 0 radical (unpaired) electrons. The van der Waals surface area contributed by atoms with E-state index in [1.54, 1.807) is 18.2 Å². The lowest BCUT2D eigenvalue weighted by molar-refractivity contribution is 0.249. The molecule has 5 nitrogen and oxygen atoms in total. The van der Waals surface area contributed by atoms with E-state index in [1.807, 2.05) is 18.3 Å². The summed E-state index contributed by atoms with van der Waals surface area (Å²) < 4.78 is 13.1. The van der Waals surface area contributed by atoms with Gasteiger partial charge in [0.2, 0.25) is 0 Å². The van der Waals surface area contributed by atoms with Crippen LogP contribution in [0.5, 0.6) is 0 Å². The highest BCUT2D eigenvalue weighted by Gasteiger charge is 2.20. The van der Waals surface area contributed by atoms with E-state index in [0.717, 1.165) is 55.4 Å². The Morgan fingerprint density at radius 3 is 2.54 bits per heavy atom. The monoisotopic (exact) mass is 371 g/mol. The molecule has 0 aliphatic carbocycles. The van der Waals surface area contributed by atoms with Crippen molar-refractivity contribution in [3.63, 3.8) is 0 Å². The zero-order chi connectivity index (χ0) is 17.9. The molecule has 0 bridgehead atoms. The van der Waals surface area contributed by atoms with Gasteiger partial charge in [-0.15, -0.1) is 0 Å². The normalized spacial score (nSPS) is 15.4. The number of hydrogen-bond donors (Lipinski definition) is 1. The van der Waals surface area contributed by atoms with E-state index in [4.69, 9.17) is 11.6 Å². The molecular formula is C19H19ClFN5. The fraction of sp³-hybridized carbons (Fsp3) is 0.263. The number of piperazine rings is 1. The number of pyridine rings is 1. The Hall–Kier alpha value is -2.44. The van der Waals surface area contributed by atoms with Crippen LogP contribution in [0.3, 0.4) is 0 Å². The van der Waals surface area contributed by atoms with Crippen LogP contribution in [-0.2, 0) is 6.54 Å². The first-order valence-electron chi connectivity index (χ1n) is 8.57. The number of benzene rings is 1. The summed E-state index contributed by atoms with van der Waals surface area (Å²) in [5.74, 6) is 0.684. The maximum atomic E-state index is 13.1. The van der Waals surface area contributed by atoms with Crippen LogP contribution >= 0.6 is 11.6 Å². The van der Waals surface area contributed by atoms with Crippen molar-refractivity contribution in [2.45, 2.75) is 6.54 Å². The predicted molar refractivity (Wildman–Crippen MR) is 101 cm³/mol. The van der Waals surface area contributed by atoms with Crippen molar-refractivity contribution in [3.05, 3.63) is 65.2 Å². The molecule has 0 amide bonds. The molecule has 0 unspecified atom stereocenters. The first-order chi connectivity index (χ1) is 12.7. The summed E-state index contributed by atoms with van der Waals surface area (Å²) in [5, 5.41) is 7.80. The summed E-state index contributed by atoms with van der Waals surface area (Å²) in [6.45, 7) is 4.47. The lowest BCUT2D eigenvalue weighted by atomic mass is 10.1. The van der Waals surface area contributed by atoms with E-state index in [2.05, 4.69) is 25.0 Å². The fourth-order valence-electron chi connectivity index (χ4n) is 3.24. The second-order valence-corrected chi connectivity index (χ2v) is 6.73. The van der Waals surface area contributed by atoms with Gasteiger partial charge in [0, 0.05) is 50.0 Å². The Labute approximate surface area is 156 Å². The molecule has 26 heavy (non-hydrogen) atoms. The topological polar surface area (TPSA) is 48.1 Å². The van der Waals surface area contributed by atoms with Crippen LogP contribution in [0.1, 0.15) is 5.56 Å². The molecule has 1 fully saturated rings. The average molecular weight is 372 g/mol. The summed E-state index contributed by atoms with van der Waals surface area (Å²) in [6.07, 6.45) is 1.92. The van der Waals surface area contributed by atoms with Gasteiger partial charge in [-0.25, -0.2) is 9.37 Å². The minimum atomic E-state index is -0.239. The molecule has 3 aromatic rings. The van der Waals surface area contributed by atoms with E-state index < -0.39 is 0 Å². The van der Waals surface area contributed by atoms with Crippen molar-refractivity contribution < 1.29 is 4.39 Å². The van der Waals surface area contributed by atoms with Gasteiger partial charge in [-0.2, -0.15) is 5.10 Å². The average Bonchev–Trinajstić information content (AvgIpc) is 3.11. The molecule has 134 valence electrons. The summed E-state index contributed by atoms with van der Waals surface area (Å²) in [7, 11) is 0. The Balaban J connectivity index is 1.41. The summed E-state index contributed by atoms with van der Waals surface area (Å²) in [6, 6.07) is 12.2. The van der Waals surface area contributed by atoms with Crippen LogP contribution < -0.4 is 4.90 Å². The maximum absolute atomic E-state index is 13.1. The molecule has 0 spiro atoms.